The number of hydrogen-bond acceptors (Lipinski definition) is 4. The second-order valence-electron chi connectivity index (χ2n) is 4.52. The van der Waals surface area contributed by atoms with Crippen LogP contribution in [0.25, 0.3) is 0 Å². The highest BCUT2D eigenvalue weighted by molar-refractivity contribution is 7.89. The molecule has 1 unspecified atom stereocenters. The molecule has 0 spiro atoms. The molecule has 0 aromatic carbocycles. The van der Waals surface area contributed by atoms with Crippen molar-refractivity contribution in [2.45, 2.75) is 38.6 Å². The SMILES string of the molecule is CCOCCS(=O)(=O)NC(CN)C1CCCC1.Cl. The number of nitrogens with one attached hydrogen (secondary N) is 1. The molecule has 0 radical (unpaired) electrons. The topological polar surface area (TPSA) is 81.4 Å². The van der Waals surface area contributed by atoms with Gasteiger partial charge in [-0.3, -0.25) is 0 Å². The van der Waals surface area contributed by atoms with Gasteiger partial charge >= 0.3 is 0 Å². The molecule has 1 saturated carbocycles. The van der Waals surface area contributed by atoms with E-state index in [1.165, 1.54) is 12.8 Å². The summed E-state index contributed by atoms with van der Waals surface area (Å²) in [5.41, 5.74) is 5.66. The summed E-state index contributed by atoms with van der Waals surface area (Å²) < 4.78 is 31.3. The third-order valence-corrected chi connectivity index (χ3v) is 4.62. The standard InChI is InChI=1S/C11H24N2O3S.ClH/c1-2-16-7-8-17(14,15)13-11(9-12)10-5-3-4-6-10;/h10-11,13H,2-9,12H2,1H3;1H. The fraction of sp³-hybridized carbons (Fsp3) is 1.00. The minimum Gasteiger partial charge on any atom is -0.381 e. The highest BCUT2D eigenvalue weighted by atomic mass is 35.5. The van der Waals surface area contributed by atoms with Gasteiger partial charge in [-0.15, -0.1) is 12.4 Å². The molecule has 0 heterocycles. The van der Waals surface area contributed by atoms with Gasteiger partial charge in [0, 0.05) is 19.2 Å². The summed E-state index contributed by atoms with van der Waals surface area (Å²) >= 11 is 0. The molecule has 110 valence electrons. The third kappa shape index (κ3) is 6.33. The molecule has 0 saturated heterocycles. The first kappa shape index (κ1) is 18.1. The predicted molar refractivity (Wildman–Crippen MR) is 75.5 cm³/mol. The second kappa shape index (κ2) is 9.09. The van der Waals surface area contributed by atoms with Gasteiger partial charge in [-0.1, -0.05) is 12.8 Å². The molecule has 18 heavy (non-hydrogen) atoms. The van der Waals surface area contributed by atoms with Crippen LogP contribution in [0, 0.1) is 5.92 Å². The number of ether oxygens (including phenoxy) is 1. The smallest absolute Gasteiger partial charge is 0.214 e. The highest BCUT2D eigenvalue weighted by Crippen LogP contribution is 2.27. The van der Waals surface area contributed by atoms with Gasteiger partial charge in [-0.25, -0.2) is 13.1 Å². The minimum absolute atomic E-state index is 0. The van der Waals surface area contributed by atoms with E-state index in [4.69, 9.17) is 10.5 Å². The number of sulfonamides is 1. The van der Waals surface area contributed by atoms with Crippen LogP contribution in [-0.4, -0.2) is 40.0 Å². The Labute approximate surface area is 116 Å². The lowest BCUT2D eigenvalue weighted by atomic mass is 9.99. The lowest BCUT2D eigenvalue weighted by Crippen LogP contribution is -2.45. The van der Waals surface area contributed by atoms with Crippen molar-refractivity contribution in [1.82, 2.24) is 4.72 Å². The zero-order valence-electron chi connectivity index (χ0n) is 10.9. The molecule has 1 aliphatic carbocycles. The van der Waals surface area contributed by atoms with Gasteiger partial charge in [0.05, 0.1) is 12.4 Å². The van der Waals surface area contributed by atoms with Crippen LogP contribution in [0.3, 0.4) is 0 Å². The van der Waals surface area contributed by atoms with Crippen LogP contribution >= 0.6 is 12.4 Å². The Hall–Kier alpha value is 0.120. The van der Waals surface area contributed by atoms with Crippen molar-refractivity contribution >= 4 is 22.4 Å². The summed E-state index contributed by atoms with van der Waals surface area (Å²) in [6, 6.07) is -0.107. The fourth-order valence-electron chi connectivity index (χ4n) is 2.30. The van der Waals surface area contributed by atoms with E-state index >= 15 is 0 Å². The van der Waals surface area contributed by atoms with Crippen LogP contribution in [0.1, 0.15) is 32.6 Å². The normalized spacial score (nSPS) is 18.6. The van der Waals surface area contributed by atoms with Crippen molar-refractivity contribution in [1.29, 1.82) is 0 Å². The molecule has 0 amide bonds. The molecule has 1 fully saturated rings. The molecule has 1 aliphatic rings. The second-order valence-corrected chi connectivity index (χ2v) is 6.39. The molecule has 0 aromatic rings. The summed E-state index contributed by atoms with van der Waals surface area (Å²) in [5, 5.41) is 0. The van der Waals surface area contributed by atoms with E-state index in [-0.39, 0.29) is 30.8 Å². The molecule has 0 bridgehead atoms. The Morgan fingerprint density at radius 3 is 2.50 bits per heavy atom. The summed E-state index contributed by atoms with van der Waals surface area (Å²) in [7, 11) is -3.26. The highest BCUT2D eigenvalue weighted by Gasteiger charge is 2.27. The van der Waals surface area contributed by atoms with E-state index in [0.717, 1.165) is 12.8 Å². The summed E-state index contributed by atoms with van der Waals surface area (Å²) in [5.74, 6) is 0.422. The van der Waals surface area contributed by atoms with E-state index < -0.39 is 10.0 Å². The van der Waals surface area contributed by atoms with E-state index in [0.29, 0.717) is 19.1 Å². The maximum atomic E-state index is 11.8. The zero-order valence-corrected chi connectivity index (χ0v) is 12.6. The van der Waals surface area contributed by atoms with E-state index in [9.17, 15) is 8.42 Å². The molecule has 7 heteroatoms. The van der Waals surface area contributed by atoms with E-state index in [1.807, 2.05) is 6.92 Å². The zero-order chi connectivity index (χ0) is 12.7. The van der Waals surface area contributed by atoms with Gasteiger partial charge in [-0.05, 0) is 25.7 Å². The van der Waals surface area contributed by atoms with Crippen LogP contribution in [0.4, 0.5) is 0 Å². The molecule has 3 N–H and O–H groups in total. The predicted octanol–water partition coefficient (Wildman–Crippen LogP) is 0.882. The van der Waals surface area contributed by atoms with Crippen molar-refractivity contribution < 1.29 is 13.2 Å². The Kier molecular flexibility index (Phi) is 9.15. The first-order valence-electron chi connectivity index (χ1n) is 6.37. The van der Waals surface area contributed by atoms with Crippen LogP contribution < -0.4 is 10.5 Å². The van der Waals surface area contributed by atoms with Crippen molar-refractivity contribution in [2.24, 2.45) is 11.7 Å². The van der Waals surface area contributed by atoms with Crippen LogP contribution in [0.15, 0.2) is 0 Å². The fourth-order valence-corrected chi connectivity index (χ4v) is 3.50. The average molecular weight is 301 g/mol. The van der Waals surface area contributed by atoms with E-state index in [1.54, 1.807) is 0 Å². The Bertz CT molecular complexity index is 305. The minimum atomic E-state index is -3.26. The molecule has 0 aromatic heterocycles. The summed E-state index contributed by atoms with van der Waals surface area (Å²) in [4.78, 5) is 0. The van der Waals surface area contributed by atoms with Gasteiger partial charge in [0.1, 0.15) is 0 Å². The Balaban J connectivity index is 0.00000289. The number of nitrogens with two attached hydrogens (primary N) is 1. The van der Waals surface area contributed by atoms with Crippen molar-refractivity contribution in [3.63, 3.8) is 0 Å². The lowest BCUT2D eigenvalue weighted by Gasteiger charge is -2.22. The van der Waals surface area contributed by atoms with Crippen molar-refractivity contribution in [3.8, 4) is 0 Å². The van der Waals surface area contributed by atoms with Crippen molar-refractivity contribution in [2.75, 3.05) is 25.5 Å². The largest absolute Gasteiger partial charge is 0.381 e. The summed E-state index contributed by atoms with van der Waals surface area (Å²) in [6.45, 7) is 3.01. The number of rotatable bonds is 8. The average Bonchev–Trinajstić information content (AvgIpc) is 2.79. The molecule has 1 atom stereocenters. The van der Waals surface area contributed by atoms with Gasteiger partial charge in [-0.2, -0.15) is 0 Å². The van der Waals surface area contributed by atoms with Crippen LogP contribution in [0.2, 0.25) is 0 Å². The molecule has 1 rings (SSSR count). The van der Waals surface area contributed by atoms with E-state index in [2.05, 4.69) is 4.72 Å². The van der Waals surface area contributed by atoms with Crippen LogP contribution in [-0.2, 0) is 14.8 Å². The van der Waals surface area contributed by atoms with Gasteiger partial charge < -0.3 is 10.5 Å². The van der Waals surface area contributed by atoms with Gasteiger partial charge in [0.2, 0.25) is 10.0 Å². The summed E-state index contributed by atoms with van der Waals surface area (Å²) in [6.07, 6.45) is 4.52. The van der Waals surface area contributed by atoms with Crippen molar-refractivity contribution in [3.05, 3.63) is 0 Å². The number of hydrogen-bond donors (Lipinski definition) is 2. The van der Waals surface area contributed by atoms with Gasteiger partial charge in [0.25, 0.3) is 0 Å². The molecule has 5 nitrogen and oxygen atoms in total. The Morgan fingerprint density at radius 2 is 2.00 bits per heavy atom. The first-order chi connectivity index (χ1) is 8.09. The van der Waals surface area contributed by atoms with Gasteiger partial charge in [0.15, 0.2) is 0 Å². The first-order valence-corrected chi connectivity index (χ1v) is 8.02. The molecular weight excluding hydrogens is 276 g/mol. The molecule has 0 aliphatic heterocycles. The third-order valence-electron chi connectivity index (χ3n) is 3.25. The Morgan fingerprint density at radius 1 is 1.39 bits per heavy atom. The molecular formula is C11H25ClN2O3S. The lowest BCUT2D eigenvalue weighted by molar-refractivity contribution is 0.163. The number of halogens is 1. The maximum Gasteiger partial charge on any atom is 0.214 e. The maximum absolute atomic E-state index is 11.8. The van der Waals surface area contributed by atoms with Crippen LogP contribution in [0.5, 0.6) is 0 Å². The quantitative estimate of drug-likeness (QED) is 0.652. The monoisotopic (exact) mass is 300 g/mol.